The molecule has 3 atom stereocenters. The van der Waals surface area contributed by atoms with E-state index in [1.54, 1.807) is 41.1 Å². The molecule has 0 N–H and O–H groups in total. The zero-order chi connectivity index (χ0) is 23.7. The van der Waals surface area contributed by atoms with Crippen LogP contribution in [-0.2, 0) is 14.4 Å². The maximum Gasteiger partial charge on any atom is 0.266 e. The van der Waals surface area contributed by atoms with E-state index in [0.29, 0.717) is 18.0 Å². The Labute approximate surface area is 203 Å². The quantitative estimate of drug-likeness (QED) is 0.344. The average Bonchev–Trinajstić information content (AvgIpc) is 3.39. The van der Waals surface area contributed by atoms with E-state index in [2.05, 4.69) is 0 Å². The van der Waals surface area contributed by atoms with Crippen LogP contribution in [0.5, 0.6) is 5.75 Å². The van der Waals surface area contributed by atoms with E-state index in [0.717, 1.165) is 22.6 Å². The number of imide groups is 1. The van der Waals surface area contributed by atoms with E-state index in [1.165, 1.54) is 4.90 Å². The number of benzene rings is 3. The molecule has 2 amide bonds. The normalized spacial score (nSPS) is 21.8. The molecule has 3 aromatic rings. The zero-order valence-electron chi connectivity index (χ0n) is 19.1. The van der Waals surface area contributed by atoms with Crippen molar-refractivity contribution in [2.24, 2.45) is 5.92 Å². The number of para-hydroxylation sites is 1. The fourth-order valence-corrected chi connectivity index (χ4v) is 4.93. The summed E-state index contributed by atoms with van der Waals surface area (Å²) in [7, 11) is 0. The molecule has 0 unspecified atom stereocenters. The lowest BCUT2D eigenvalue weighted by molar-refractivity contribution is -0.126. The molecular weight excluding hydrogens is 448 g/mol. The summed E-state index contributed by atoms with van der Waals surface area (Å²) in [6.45, 7) is 2.66. The van der Waals surface area contributed by atoms with Crippen LogP contribution in [0.15, 0.2) is 83.8 Å². The number of ether oxygens (including phenoxy) is 1. The first-order valence-electron chi connectivity index (χ1n) is 11.4. The molecule has 2 heterocycles. The Bertz CT molecular complexity index is 1170. The molecule has 0 saturated carbocycles. The van der Waals surface area contributed by atoms with Crippen LogP contribution in [0.3, 0.4) is 0 Å². The summed E-state index contributed by atoms with van der Waals surface area (Å²) in [6.07, 6.45) is 2.05. The number of rotatable bonds is 7. The minimum Gasteiger partial charge on any atom is -0.494 e. The van der Waals surface area contributed by atoms with Crippen LogP contribution < -0.4 is 14.7 Å². The Kier molecular flexibility index (Phi) is 6.30. The van der Waals surface area contributed by atoms with Gasteiger partial charge < -0.3 is 4.74 Å². The highest BCUT2D eigenvalue weighted by Gasteiger charge is 2.60. The Hall–Kier alpha value is -3.29. The number of nitrogens with zero attached hydrogens (tertiary/aromatic N) is 2. The summed E-state index contributed by atoms with van der Waals surface area (Å²) >= 11 is 1.66. The lowest BCUT2D eigenvalue weighted by atomic mass is 9.90. The number of carbonyl (C=O) groups is 2. The fourth-order valence-electron chi connectivity index (χ4n) is 4.52. The van der Waals surface area contributed by atoms with Crippen molar-refractivity contribution in [2.75, 3.05) is 22.8 Å². The van der Waals surface area contributed by atoms with Crippen LogP contribution in [-0.4, -0.2) is 30.8 Å². The third-order valence-electron chi connectivity index (χ3n) is 6.15. The first kappa shape index (κ1) is 22.5. The molecule has 0 aliphatic carbocycles. The highest BCUT2D eigenvalue weighted by atomic mass is 32.2. The number of anilines is 2. The van der Waals surface area contributed by atoms with Crippen molar-refractivity contribution in [2.45, 2.75) is 30.4 Å². The van der Waals surface area contributed by atoms with Gasteiger partial charge >= 0.3 is 0 Å². The summed E-state index contributed by atoms with van der Waals surface area (Å²) in [5, 5.41) is 1.72. The van der Waals surface area contributed by atoms with Gasteiger partial charge in [0.15, 0.2) is 6.10 Å². The third-order valence-corrected chi connectivity index (χ3v) is 6.89. The summed E-state index contributed by atoms with van der Waals surface area (Å²) in [5.74, 6) is -0.539. The highest BCUT2D eigenvalue weighted by molar-refractivity contribution is 7.98. The number of hydrogen-bond donors (Lipinski definition) is 0. The van der Waals surface area contributed by atoms with Crippen LogP contribution in [0.4, 0.5) is 11.4 Å². The van der Waals surface area contributed by atoms with Gasteiger partial charge in [-0.05, 0) is 66.8 Å². The van der Waals surface area contributed by atoms with Crippen molar-refractivity contribution < 1.29 is 19.2 Å². The van der Waals surface area contributed by atoms with E-state index >= 15 is 0 Å². The maximum atomic E-state index is 13.7. The van der Waals surface area contributed by atoms with E-state index in [-0.39, 0.29) is 11.8 Å². The van der Waals surface area contributed by atoms with Crippen LogP contribution in [0.1, 0.15) is 24.9 Å². The Morgan fingerprint density at radius 1 is 0.882 bits per heavy atom. The van der Waals surface area contributed by atoms with Gasteiger partial charge in [-0.1, -0.05) is 37.3 Å². The Morgan fingerprint density at radius 3 is 2.24 bits per heavy atom. The molecule has 6 nitrogen and oxygen atoms in total. The number of hydrogen-bond acceptors (Lipinski definition) is 6. The van der Waals surface area contributed by atoms with Gasteiger partial charge in [0.25, 0.3) is 5.91 Å². The van der Waals surface area contributed by atoms with Crippen LogP contribution in [0, 0.1) is 5.92 Å². The monoisotopic (exact) mass is 474 g/mol. The number of hydroxylamine groups is 1. The molecule has 0 radical (unpaired) electrons. The number of fused-ring (bicyclic) bond motifs is 1. The van der Waals surface area contributed by atoms with Crippen molar-refractivity contribution in [1.29, 1.82) is 0 Å². The highest BCUT2D eigenvalue weighted by Crippen LogP contribution is 2.47. The van der Waals surface area contributed by atoms with Crippen molar-refractivity contribution in [1.82, 2.24) is 0 Å². The summed E-state index contributed by atoms with van der Waals surface area (Å²) in [5.41, 5.74) is 2.26. The molecule has 2 aliphatic rings. The molecular formula is C27H26N2O4S. The zero-order valence-corrected chi connectivity index (χ0v) is 19.9. The second kappa shape index (κ2) is 9.52. The molecule has 174 valence electrons. The van der Waals surface area contributed by atoms with Gasteiger partial charge in [0.1, 0.15) is 11.7 Å². The maximum absolute atomic E-state index is 13.7. The second-order valence-corrected chi connectivity index (χ2v) is 9.17. The summed E-state index contributed by atoms with van der Waals surface area (Å²) in [6, 6.07) is 24.3. The lowest BCUT2D eigenvalue weighted by Gasteiger charge is -2.28. The SMILES string of the molecule is CCCOc1ccc(N2C(=O)[C@H]3[C@H](ON(c4ccccc4)[C@@H]3c3ccc(SC)cc3)C2=O)cc1. The van der Waals surface area contributed by atoms with E-state index in [9.17, 15) is 9.59 Å². The topological polar surface area (TPSA) is 59.1 Å². The van der Waals surface area contributed by atoms with Gasteiger partial charge in [-0.3, -0.25) is 14.4 Å². The molecule has 3 aromatic carbocycles. The van der Waals surface area contributed by atoms with E-state index in [1.807, 2.05) is 67.8 Å². The average molecular weight is 475 g/mol. The molecule has 2 aliphatic heterocycles. The molecule has 7 heteroatoms. The standard InChI is InChI=1S/C27H26N2O4S/c1-3-17-32-21-13-11-19(12-14-21)28-26(30)23-24(18-9-15-22(34-2)16-10-18)29(33-25(23)27(28)31)20-7-5-4-6-8-20/h4-16,23-25H,3,17H2,1-2H3/t23-,24-,25+/m1/s1. The number of amides is 2. The van der Waals surface area contributed by atoms with Gasteiger partial charge in [0.05, 0.1) is 24.0 Å². The van der Waals surface area contributed by atoms with Crippen LogP contribution >= 0.6 is 11.8 Å². The Morgan fingerprint density at radius 2 is 1.59 bits per heavy atom. The van der Waals surface area contributed by atoms with Gasteiger partial charge in [-0.15, -0.1) is 11.8 Å². The van der Waals surface area contributed by atoms with Gasteiger partial charge in [0.2, 0.25) is 5.91 Å². The van der Waals surface area contributed by atoms with Crippen molar-refractivity contribution in [3.05, 3.63) is 84.4 Å². The smallest absolute Gasteiger partial charge is 0.266 e. The Balaban J connectivity index is 1.49. The largest absolute Gasteiger partial charge is 0.494 e. The van der Waals surface area contributed by atoms with E-state index < -0.39 is 18.1 Å². The first-order valence-corrected chi connectivity index (χ1v) is 12.6. The summed E-state index contributed by atoms with van der Waals surface area (Å²) in [4.78, 5) is 35.7. The predicted octanol–water partition coefficient (Wildman–Crippen LogP) is 5.25. The predicted molar refractivity (Wildman–Crippen MR) is 133 cm³/mol. The molecule has 0 spiro atoms. The van der Waals surface area contributed by atoms with Gasteiger partial charge in [-0.2, -0.15) is 0 Å². The van der Waals surface area contributed by atoms with Crippen molar-refractivity contribution in [3.8, 4) is 5.75 Å². The van der Waals surface area contributed by atoms with Crippen LogP contribution in [0.2, 0.25) is 0 Å². The number of thioether (sulfide) groups is 1. The minimum atomic E-state index is -0.881. The first-order chi connectivity index (χ1) is 16.6. The molecule has 2 fully saturated rings. The van der Waals surface area contributed by atoms with Gasteiger partial charge in [0, 0.05) is 4.90 Å². The van der Waals surface area contributed by atoms with E-state index in [4.69, 9.17) is 9.57 Å². The van der Waals surface area contributed by atoms with Crippen molar-refractivity contribution in [3.63, 3.8) is 0 Å². The second-order valence-electron chi connectivity index (χ2n) is 8.29. The molecule has 0 aromatic heterocycles. The minimum absolute atomic E-state index is 0.255. The number of carbonyl (C=O) groups excluding carboxylic acids is 2. The molecule has 5 rings (SSSR count). The lowest BCUT2D eigenvalue weighted by Crippen LogP contribution is -2.37. The van der Waals surface area contributed by atoms with Gasteiger partial charge in [-0.25, -0.2) is 9.96 Å². The third kappa shape index (κ3) is 3.95. The molecule has 2 saturated heterocycles. The fraction of sp³-hybridized carbons (Fsp3) is 0.259. The molecule has 0 bridgehead atoms. The summed E-state index contributed by atoms with van der Waals surface area (Å²) < 4.78 is 5.64. The van der Waals surface area contributed by atoms with Crippen LogP contribution in [0.25, 0.3) is 0 Å². The molecule has 34 heavy (non-hydrogen) atoms. The van der Waals surface area contributed by atoms with Crippen molar-refractivity contribution >= 4 is 35.0 Å².